The maximum atomic E-state index is 5.06. The van der Waals surface area contributed by atoms with Gasteiger partial charge in [0.15, 0.2) is 0 Å². The molecule has 3 aromatic rings. The summed E-state index contributed by atoms with van der Waals surface area (Å²) < 4.78 is 0. The molecule has 0 heterocycles. The van der Waals surface area contributed by atoms with Crippen LogP contribution in [0.5, 0.6) is 0 Å². The van der Waals surface area contributed by atoms with Crippen molar-refractivity contribution in [1.29, 1.82) is 0 Å². The first-order valence-electron chi connectivity index (χ1n) is 15.8. The average Bonchev–Trinajstić information content (AvgIpc) is 3.00. The van der Waals surface area contributed by atoms with E-state index in [1.807, 2.05) is 6.21 Å². The minimum Gasteiger partial charge on any atom is -0.358 e. The number of benzene rings is 3. The van der Waals surface area contributed by atoms with Crippen molar-refractivity contribution >= 4 is 23.3 Å². The number of nitrogens with zero attached hydrogens (tertiary/aromatic N) is 2. The maximum absolute atomic E-state index is 5.06. The predicted molar refractivity (Wildman–Crippen MR) is 186 cm³/mol. The Morgan fingerprint density at radius 2 is 1.29 bits per heavy atom. The predicted octanol–water partition coefficient (Wildman–Crippen LogP) is 12.3. The van der Waals surface area contributed by atoms with Crippen LogP contribution in [0.25, 0.3) is 11.1 Å². The van der Waals surface area contributed by atoms with Gasteiger partial charge in [-0.15, -0.1) is 0 Å². The van der Waals surface area contributed by atoms with Crippen LogP contribution in [0.2, 0.25) is 0 Å². The fourth-order valence-electron chi connectivity index (χ4n) is 4.50. The number of hydrogen-bond acceptors (Lipinski definition) is 2. The summed E-state index contributed by atoms with van der Waals surface area (Å²) in [6.07, 6.45) is 16.0. The van der Waals surface area contributed by atoms with E-state index in [9.17, 15) is 0 Å². The molecule has 232 valence electrons. The largest absolute Gasteiger partial charge is 2.00 e. The van der Waals surface area contributed by atoms with E-state index < -0.39 is 0 Å². The van der Waals surface area contributed by atoms with E-state index in [4.69, 9.17) is 9.98 Å². The summed E-state index contributed by atoms with van der Waals surface area (Å²) in [6.45, 7) is 14.6. The van der Waals surface area contributed by atoms with E-state index in [-0.39, 0.29) is 23.9 Å². The van der Waals surface area contributed by atoms with Crippen molar-refractivity contribution in [2.24, 2.45) is 9.98 Å². The molecule has 0 saturated carbocycles. The van der Waals surface area contributed by atoms with E-state index in [2.05, 4.69) is 108 Å². The van der Waals surface area contributed by atoms with Crippen LogP contribution in [0.1, 0.15) is 109 Å². The van der Waals surface area contributed by atoms with Crippen LogP contribution < -0.4 is 0 Å². The Labute approximate surface area is 269 Å². The minimum atomic E-state index is 0. The van der Waals surface area contributed by atoms with Crippen LogP contribution in [0, 0.1) is 14.4 Å². The zero-order valence-corrected chi connectivity index (χ0v) is 28.3. The zero-order chi connectivity index (χ0) is 29.0. The Bertz CT molecular complexity index is 1160. The van der Waals surface area contributed by atoms with Gasteiger partial charge in [-0.1, -0.05) is 109 Å². The SMILES string of the molecule is CCCCCCc1cc(CCCC)cc(N=C(C=Nc2cc(CC)cc(-c3ccccc3)c2)CC)c1.[CH2-]CCC.[CH3-].[Ni+2]. The quantitative estimate of drug-likeness (QED) is 0.0707. The van der Waals surface area contributed by atoms with E-state index in [1.54, 1.807) is 0 Å². The molecule has 0 radical (unpaired) electrons. The molecule has 42 heavy (non-hydrogen) atoms. The van der Waals surface area contributed by atoms with Gasteiger partial charge in [-0.25, -0.2) is 0 Å². The Morgan fingerprint density at radius 3 is 1.86 bits per heavy atom. The molecule has 0 saturated heterocycles. The van der Waals surface area contributed by atoms with Gasteiger partial charge in [-0.2, -0.15) is 6.42 Å². The van der Waals surface area contributed by atoms with Gasteiger partial charge in [0.05, 0.1) is 17.1 Å². The fourth-order valence-corrected chi connectivity index (χ4v) is 4.50. The first kappa shape index (κ1) is 39.5. The van der Waals surface area contributed by atoms with Gasteiger partial charge < -0.3 is 14.4 Å². The molecule has 3 rings (SSSR count). The number of rotatable bonds is 15. The molecule has 0 bridgehead atoms. The molecule has 0 unspecified atom stereocenters. The van der Waals surface area contributed by atoms with Gasteiger partial charge in [0.1, 0.15) is 0 Å². The summed E-state index contributed by atoms with van der Waals surface area (Å²) in [5.74, 6) is 0. The summed E-state index contributed by atoms with van der Waals surface area (Å²) in [5.41, 5.74) is 9.66. The second kappa shape index (κ2) is 24.0. The van der Waals surface area contributed by atoms with Gasteiger partial charge >= 0.3 is 16.5 Å². The van der Waals surface area contributed by atoms with Crippen LogP contribution >= 0.6 is 0 Å². The van der Waals surface area contributed by atoms with Gasteiger partial charge in [0.2, 0.25) is 0 Å². The number of hydrogen-bond donors (Lipinski definition) is 0. The Kier molecular flexibility index (Phi) is 22.6. The van der Waals surface area contributed by atoms with Gasteiger partial charge in [-0.05, 0) is 90.6 Å². The van der Waals surface area contributed by atoms with Crippen molar-refractivity contribution in [2.45, 2.75) is 112 Å². The summed E-state index contributed by atoms with van der Waals surface area (Å²) in [4.78, 5) is 9.93. The smallest absolute Gasteiger partial charge is 0.358 e. The molecule has 0 aliphatic heterocycles. The first-order chi connectivity index (χ1) is 19.6. The molecule has 0 aliphatic carbocycles. The van der Waals surface area contributed by atoms with Crippen molar-refractivity contribution in [1.82, 2.24) is 0 Å². The Balaban J connectivity index is 0.00000263. The van der Waals surface area contributed by atoms with Crippen LogP contribution in [0.15, 0.2) is 76.7 Å². The number of unbranched alkanes of at least 4 members (excludes halogenated alkanes) is 5. The molecule has 3 aromatic carbocycles. The molecule has 3 heteroatoms. The third-order valence-corrected chi connectivity index (χ3v) is 7.02. The molecule has 0 aromatic heterocycles. The molecule has 2 nitrogen and oxygen atoms in total. The number of aryl methyl sites for hydroxylation is 3. The van der Waals surface area contributed by atoms with Crippen molar-refractivity contribution in [3.63, 3.8) is 0 Å². The van der Waals surface area contributed by atoms with Crippen LogP contribution in [-0.4, -0.2) is 11.9 Å². The average molecular weight is 612 g/mol. The molecular formula is C39H56N2Ni. The molecule has 0 amide bonds. The van der Waals surface area contributed by atoms with E-state index in [0.29, 0.717) is 0 Å². The second-order valence-electron chi connectivity index (χ2n) is 10.6. The summed E-state index contributed by atoms with van der Waals surface area (Å²) >= 11 is 0. The van der Waals surface area contributed by atoms with E-state index >= 15 is 0 Å². The van der Waals surface area contributed by atoms with Crippen molar-refractivity contribution in [3.8, 4) is 11.1 Å². The van der Waals surface area contributed by atoms with Crippen molar-refractivity contribution in [3.05, 3.63) is 97.8 Å². The molecule has 0 fully saturated rings. The fraction of sp³-hybridized carbons (Fsp3) is 0.436. The summed E-state index contributed by atoms with van der Waals surface area (Å²) in [7, 11) is 0. The monoisotopic (exact) mass is 610 g/mol. The summed E-state index contributed by atoms with van der Waals surface area (Å²) in [6, 6.07) is 24.2. The topological polar surface area (TPSA) is 24.7 Å². The van der Waals surface area contributed by atoms with Crippen LogP contribution in [0.3, 0.4) is 0 Å². The molecule has 0 atom stereocenters. The van der Waals surface area contributed by atoms with Gasteiger partial charge in [0.25, 0.3) is 0 Å². The first-order valence-corrected chi connectivity index (χ1v) is 15.8. The van der Waals surface area contributed by atoms with Crippen molar-refractivity contribution < 1.29 is 16.5 Å². The molecular weight excluding hydrogens is 555 g/mol. The third-order valence-electron chi connectivity index (χ3n) is 7.02. The normalized spacial score (nSPS) is 11.0. The van der Waals surface area contributed by atoms with Gasteiger partial charge in [-0.3, -0.25) is 9.98 Å². The van der Waals surface area contributed by atoms with Crippen LogP contribution in [0.4, 0.5) is 11.4 Å². The van der Waals surface area contributed by atoms with E-state index in [0.717, 1.165) is 49.2 Å². The molecule has 0 aliphatic rings. The Hall–Kier alpha value is -2.51. The Morgan fingerprint density at radius 1 is 0.667 bits per heavy atom. The van der Waals surface area contributed by atoms with Gasteiger partial charge in [0, 0.05) is 6.21 Å². The maximum Gasteiger partial charge on any atom is 2.00 e. The van der Waals surface area contributed by atoms with Crippen LogP contribution in [-0.2, 0) is 35.8 Å². The molecule has 0 N–H and O–H groups in total. The molecule has 0 spiro atoms. The summed E-state index contributed by atoms with van der Waals surface area (Å²) in [5, 5.41) is 0. The second-order valence-corrected chi connectivity index (χ2v) is 10.6. The third kappa shape index (κ3) is 15.1. The van der Waals surface area contributed by atoms with Crippen molar-refractivity contribution in [2.75, 3.05) is 0 Å². The van der Waals surface area contributed by atoms with E-state index in [1.165, 1.54) is 72.8 Å². The standard InChI is InChI=1S/C34H44N2.C4H9.CH3.Ni/c1-5-9-11-13-17-29-20-28(16-10-6-2)23-34(24-29)36-32(8-4)26-35-33-22-27(7-3)21-31(25-33)30-18-14-12-15-19-30;1-3-4-2;;/h12,14-15,18-26H,5-11,13,16-17H2,1-4H3;1,3-4H2,2H3;1H3;/q;2*-1;+2. The number of aliphatic imine (C=N–C) groups is 2. The zero-order valence-electron chi connectivity index (χ0n) is 27.3. The minimum absolute atomic E-state index is 0.